The Labute approximate surface area is 164 Å². The molecule has 0 unspecified atom stereocenters. The van der Waals surface area contributed by atoms with E-state index >= 15 is 0 Å². The van der Waals surface area contributed by atoms with Gasteiger partial charge in [0.1, 0.15) is 5.76 Å². The number of carbonyl (C=O) groups excluding carboxylic acids is 2. The number of oxazole rings is 1. The van der Waals surface area contributed by atoms with Crippen molar-refractivity contribution < 1.29 is 14.0 Å². The van der Waals surface area contributed by atoms with Crippen molar-refractivity contribution in [2.24, 2.45) is 0 Å². The fourth-order valence-corrected chi connectivity index (χ4v) is 2.90. The Hall–Kier alpha value is -3.41. The van der Waals surface area contributed by atoms with Gasteiger partial charge < -0.3 is 15.1 Å². The van der Waals surface area contributed by atoms with Crippen LogP contribution in [0.2, 0.25) is 0 Å². The van der Waals surface area contributed by atoms with Crippen molar-refractivity contribution in [2.75, 3.05) is 11.9 Å². The van der Waals surface area contributed by atoms with Crippen LogP contribution < -0.4 is 10.6 Å². The molecule has 0 spiro atoms. The van der Waals surface area contributed by atoms with E-state index in [9.17, 15) is 9.59 Å². The first-order valence-electron chi connectivity index (χ1n) is 9.12. The maximum atomic E-state index is 12.5. The number of aromatic nitrogens is 1. The van der Waals surface area contributed by atoms with E-state index in [1.165, 1.54) is 6.92 Å². The van der Waals surface area contributed by atoms with Gasteiger partial charge >= 0.3 is 0 Å². The second-order valence-electron chi connectivity index (χ2n) is 6.60. The monoisotopic (exact) mass is 377 g/mol. The summed E-state index contributed by atoms with van der Waals surface area (Å²) in [6.07, 6.45) is 0.568. The number of hydrogen-bond acceptors (Lipinski definition) is 4. The average Bonchev–Trinajstić information content (AvgIpc) is 3.04. The number of amides is 2. The minimum absolute atomic E-state index is 0.175. The van der Waals surface area contributed by atoms with E-state index < -0.39 is 0 Å². The van der Waals surface area contributed by atoms with Crippen LogP contribution >= 0.6 is 0 Å². The molecule has 0 aliphatic rings. The molecule has 0 fully saturated rings. The van der Waals surface area contributed by atoms with Gasteiger partial charge in [0.2, 0.25) is 11.8 Å². The third kappa shape index (κ3) is 4.65. The van der Waals surface area contributed by atoms with Crippen LogP contribution in [0.5, 0.6) is 0 Å². The average molecular weight is 377 g/mol. The van der Waals surface area contributed by atoms with Crippen molar-refractivity contribution in [1.29, 1.82) is 0 Å². The quantitative estimate of drug-likeness (QED) is 0.683. The zero-order chi connectivity index (χ0) is 20.1. The molecule has 6 nitrogen and oxygen atoms in total. The summed E-state index contributed by atoms with van der Waals surface area (Å²) in [6.45, 7) is 5.60. The molecule has 0 radical (unpaired) electrons. The lowest BCUT2D eigenvalue weighted by Crippen LogP contribution is -2.26. The standard InChI is InChI=1S/C22H23N3O3/c1-14-9-10-18(24-16(3)26)13-19(14)21(27)23-12-11-20-15(2)28-22(25-20)17-7-5-4-6-8-17/h4-10,13H,11-12H2,1-3H3,(H,23,27)(H,24,26). The minimum atomic E-state index is -0.186. The second kappa shape index (κ2) is 8.52. The molecule has 0 saturated carbocycles. The SMILES string of the molecule is CC(=O)Nc1ccc(C)c(C(=O)NCCc2nc(-c3ccccc3)oc2C)c1. The van der Waals surface area contributed by atoms with E-state index in [4.69, 9.17) is 4.42 Å². The van der Waals surface area contributed by atoms with Gasteiger partial charge in [-0.2, -0.15) is 0 Å². The van der Waals surface area contributed by atoms with Gasteiger partial charge in [0, 0.05) is 36.7 Å². The summed E-state index contributed by atoms with van der Waals surface area (Å²) < 4.78 is 5.75. The maximum absolute atomic E-state index is 12.5. The van der Waals surface area contributed by atoms with Gasteiger partial charge in [-0.3, -0.25) is 9.59 Å². The molecule has 2 amide bonds. The van der Waals surface area contributed by atoms with E-state index in [0.29, 0.717) is 30.1 Å². The number of rotatable bonds is 6. The van der Waals surface area contributed by atoms with E-state index in [-0.39, 0.29) is 11.8 Å². The number of aryl methyl sites for hydroxylation is 2. The first-order valence-corrected chi connectivity index (χ1v) is 9.12. The number of carbonyl (C=O) groups is 2. The highest BCUT2D eigenvalue weighted by molar-refractivity contribution is 5.98. The van der Waals surface area contributed by atoms with E-state index in [0.717, 1.165) is 22.6 Å². The molecule has 0 saturated heterocycles. The molecule has 144 valence electrons. The number of benzene rings is 2. The third-order valence-corrected chi connectivity index (χ3v) is 4.36. The Kier molecular flexibility index (Phi) is 5.89. The minimum Gasteiger partial charge on any atom is -0.441 e. The summed E-state index contributed by atoms with van der Waals surface area (Å²) in [5, 5.41) is 5.61. The van der Waals surface area contributed by atoms with Gasteiger partial charge in [-0.25, -0.2) is 4.98 Å². The van der Waals surface area contributed by atoms with Crippen molar-refractivity contribution >= 4 is 17.5 Å². The number of nitrogens with one attached hydrogen (secondary N) is 2. The van der Waals surface area contributed by atoms with Crippen LogP contribution in [-0.4, -0.2) is 23.3 Å². The zero-order valence-corrected chi connectivity index (χ0v) is 16.2. The molecule has 0 bridgehead atoms. The van der Waals surface area contributed by atoms with E-state index in [1.54, 1.807) is 12.1 Å². The highest BCUT2D eigenvalue weighted by Gasteiger charge is 2.13. The van der Waals surface area contributed by atoms with Gasteiger partial charge in [0.15, 0.2) is 0 Å². The topological polar surface area (TPSA) is 84.2 Å². The molecule has 28 heavy (non-hydrogen) atoms. The third-order valence-electron chi connectivity index (χ3n) is 4.36. The summed E-state index contributed by atoms with van der Waals surface area (Å²) in [7, 11) is 0. The Morgan fingerprint density at radius 3 is 2.54 bits per heavy atom. The lowest BCUT2D eigenvalue weighted by Gasteiger charge is -2.10. The molecule has 0 aliphatic carbocycles. The summed E-state index contributed by atoms with van der Waals surface area (Å²) in [4.78, 5) is 28.3. The molecular formula is C22H23N3O3. The predicted octanol–water partition coefficient (Wildman–Crippen LogP) is 3.89. The van der Waals surface area contributed by atoms with Crippen LogP contribution in [0.25, 0.3) is 11.5 Å². The van der Waals surface area contributed by atoms with Crippen molar-refractivity contribution in [3.8, 4) is 11.5 Å². The van der Waals surface area contributed by atoms with E-state index in [1.807, 2.05) is 50.2 Å². The van der Waals surface area contributed by atoms with Crippen molar-refractivity contribution in [3.63, 3.8) is 0 Å². The van der Waals surface area contributed by atoms with Crippen LogP contribution in [0.4, 0.5) is 5.69 Å². The van der Waals surface area contributed by atoms with Gasteiger partial charge in [0.05, 0.1) is 5.69 Å². The Balaban J connectivity index is 1.63. The molecule has 1 heterocycles. The smallest absolute Gasteiger partial charge is 0.251 e. The summed E-state index contributed by atoms with van der Waals surface area (Å²) >= 11 is 0. The van der Waals surface area contributed by atoms with Gasteiger partial charge in [-0.1, -0.05) is 24.3 Å². The Morgan fingerprint density at radius 2 is 1.82 bits per heavy atom. The molecule has 1 aromatic heterocycles. The predicted molar refractivity (Wildman–Crippen MR) is 108 cm³/mol. The lowest BCUT2D eigenvalue weighted by molar-refractivity contribution is -0.114. The number of hydrogen-bond donors (Lipinski definition) is 2. The van der Waals surface area contributed by atoms with Crippen LogP contribution in [0.15, 0.2) is 52.9 Å². The largest absolute Gasteiger partial charge is 0.441 e. The maximum Gasteiger partial charge on any atom is 0.251 e. The molecule has 2 aromatic carbocycles. The number of nitrogens with zero attached hydrogens (tertiary/aromatic N) is 1. The molecule has 0 aliphatic heterocycles. The van der Waals surface area contributed by atoms with Crippen LogP contribution in [0.3, 0.4) is 0 Å². The molecule has 3 aromatic rings. The molecular weight excluding hydrogens is 354 g/mol. The van der Waals surface area contributed by atoms with Gasteiger partial charge in [0.25, 0.3) is 5.91 Å². The van der Waals surface area contributed by atoms with Crippen LogP contribution in [0.1, 0.15) is 34.3 Å². The molecule has 2 N–H and O–H groups in total. The zero-order valence-electron chi connectivity index (χ0n) is 16.2. The summed E-state index contributed by atoms with van der Waals surface area (Å²) in [5.41, 5.74) is 3.72. The van der Waals surface area contributed by atoms with Crippen molar-refractivity contribution in [2.45, 2.75) is 27.2 Å². The summed E-state index contributed by atoms with van der Waals surface area (Å²) in [6, 6.07) is 15.0. The number of anilines is 1. The molecule has 6 heteroatoms. The Morgan fingerprint density at radius 1 is 1.07 bits per heavy atom. The highest BCUT2D eigenvalue weighted by Crippen LogP contribution is 2.21. The van der Waals surface area contributed by atoms with Crippen LogP contribution in [0, 0.1) is 13.8 Å². The first-order chi connectivity index (χ1) is 13.4. The van der Waals surface area contributed by atoms with Gasteiger partial charge in [-0.05, 0) is 43.7 Å². The second-order valence-corrected chi connectivity index (χ2v) is 6.60. The van der Waals surface area contributed by atoms with E-state index in [2.05, 4.69) is 15.6 Å². The Bertz CT molecular complexity index is 994. The van der Waals surface area contributed by atoms with Gasteiger partial charge in [-0.15, -0.1) is 0 Å². The van der Waals surface area contributed by atoms with Crippen LogP contribution in [-0.2, 0) is 11.2 Å². The lowest BCUT2D eigenvalue weighted by atomic mass is 10.1. The molecule has 3 rings (SSSR count). The molecule has 0 atom stereocenters. The van der Waals surface area contributed by atoms with Crippen molar-refractivity contribution in [3.05, 3.63) is 71.1 Å². The highest BCUT2D eigenvalue weighted by atomic mass is 16.4. The first kappa shape index (κ1) is 19.4. The normalized spacial score (nSPS) is 10.5. The van der Waals surface area contributed by atoms with Crippen molar-refractivity contribution in [1.82, 2.24) is 10.3 Å². The summed E-state index contributed by atoms with van der Waals surface area (Å²) in [5.74, 6) is 0.968. The fourth-order valence-electron chi connectivity index (χ4n) is 2.90. The fraction of sp³-hybridized carbons (Fsp3) is 0.227.